The first-order valence-corrected chi connectivity index (χ1v) is 6.41. The average molecular weight is 244 g/mol. The Balaban J connectivity index is 1.80. The summed E-state index contributed by atoms with van der Waals surface area (Å²) >= 11 is 0. The summed E-state index contributed by atoms with van der Waals surface area (Å²) in [5, 5.41) is 7.54. The van der Waals surface area contributed by atoms with Crippen molar-refractivity contribution >= 4 is 0 Å². The Morgan fingerprint density at radius 2 is 2.28 bits per heavy atom. The lowest BCUT2D eigenvalue weighted by atomic mass is 10.1. The van der Waals surface area contributed by atoms with E-state index in [9.17, 15) is 0 Å². The molecule has 1 fully saturated rings. The van der Waals surface area contributed by atoms with Crippen LogP contribution in [0.4, 0.5) is 0 Å². The number of hydrogen-bond donors (Lipinski definition) is 1. The van der Waals surface area contributed by atoms with E-state index in [0.717, 1.165) is 24.4 Å². The van der Waals surface area contributed by atoms with Crippen molar-refractivity contribution < 1.29 is 4.52 Å². The van der Waals surface area contributed by atoms with Gasteiger partial charge in [-0.1, -0.05) is 18.0 Å². The molecule has 0 aliphatic carbocycles. The normalized spacial score (nSPS) is 20.6. The molecule has 5 nitrogen and oxygen atoms in total. The summed E-state index contributed by atoms with van der Waals surface area (Å²) in [7, 11) is 0. The van der Waals surface area contributed by atoms with Crippen LogP contribution in [-0.2, 0) is 0 Å². The van der Waals surface area contributed by atoms with Crippen molar-refractivity contribution in [3.63, 3.8) is 0 Å². The predicted octanol–water partition coefficient (Wildman–Crippen LogP) is 2.34. The van der Waals surface area contributed by atoms with Gasteiger partial charge in [-0.05, 0) is 31.5 Å². The van der Waals surface area contributed by atoms with Crippen molar-refractivity contribution in [1.29, 1.82) is 0 Å². The van der Waals surface area contributed by atoms with Gasteiger partial charge in [0.05, 0.1) is 11.6 Å². The maximum Gasteiger partial charge on any atom is 0.259 e. The Labute approximate surface area is 106 Å². The van der Waals surface area contributed by atoms with Crippen molar-refractivity contribution in [2.45, 2.75) is 31.7 Å². The van der Waals surface area contributed by atoms with Crippen molar-refractivity contribution in [3.8, 4) is 11.5 Å². The van der Waals surface area contributed by atoms with E-state index in [4.69, 9.17) is 4.52 Å². The summed E-state index contributed by atoms with van der Waals surface area (Å²) < 4.78 is 5.30. The molecule has 0 radical (unpaired) electrons. The smallest absolute Gasteiger partial charge is 0.259 e. The van der Waals surface area contributed by atoms with Gasteiger partial charge < -0.3 is 9.84 Å². The number of nitrogens with one attached hydrogen (secondary N) is 1. The SMILES string of the molecule is c1cncc(-c2nc([C@@H]3CCCCCN3)no2)c1. The number of aromatic nitrogens is 3. The third kappa shape index (κ3) is 2.41. The topological polar surface area (TPSA) is 63.8 Å². The molecule has 3 rings (SSSR count). The molecule has 2 aromatic rings. The van der Waals surface area contributed by atoms with E-state index >= 15 is 0 Å². The minimum absolute atomic E-state index is 0.224. The fourth-order valence-corrected chi connectivity index (χ4v) is 2.23. The second-order valence-corrected chi connectivity index (χ2v) is 4.56. The minimum Gasteiger partial charge on any atom is -0.334 e. The third-order valence-corrected chi connectivity index (χ3v) is 3.22. The zero-order chi connectivity index (χ0) is 12.2. The number of hydrogen-bond acceptors (Lipinski definition) is 5. The van der Waals surface area contributed by atoms with Crippen molar-refractivity contribution in [2.75, 3.05) is 6.54 Å². The van der Waals surface area contributed by atoms with Gasteiger partial charge in [-0.3, -0.25) is 4.98 Å². The van der Waals surface area contributed by atoms with E-state index in [2.05, 4.69) is 20.4 Å². The van der Waals surface area contributed by atoms with Crippen LogP contribution in [0, 0.1) is 0 Å². The van der Waals surface area contributed by atoms with Gasteiger partial charge in [-0.2, -0.15) is 4.98 Å². The van der Waals surface area contributed by atoms with Gasteiger partial charge in [0.1, 0.15) is 0 Å². The number of pyridine rings is 1. The molecule has 0 bridgehead atoms. The van der Waals surface area contributed by atoms with Crippen LogP contribution >= 0.6 is 0 Å². The van der Waals surface area contributed by atoms with E-state index in [1.165, 1.54) is 19.3 Å². The zero-order valence-corrected chi connectivity index (χ0v) is 10.2. The average Bonchev–Trinajstić information content (AvgIpc) is 2.76. The van der Waals surface area contributed by atoms with Gasteiger partial charge in [-0.25, -0.2) is 0 Å². The fourth-order valence-electron chi connectivity index (χ4n) is 2.23. The molecule has 1 aliphatic heterocycles. The van der Waals surface area contributed by atoms with Gasteiger partial charge in [0.25, 0.3) is 5.89 Å². The van der Waals surface area contributed by atoms with Crippen LogP contribution in [0.1, 0.15) is 37.5 Å². The standard InChI is InChI=1S/C13H16N4O/c1-2-6-11(15-8-3-1)12-16-13(18-17-12)10-5-4-7-14-9-10/h4-5,7,9,11,15H,1-3,6,8H2/t11-/m0/s1. The molecule has 0 spiro atoms. The van der Waals surface area contributed by atoms with Crippen molar-refractivity contribution in [1.82, 2.24) is 20.4 Å². The zero-order valence-electron chi connectivity index (χ0n) is 10.2. The highest BCUT2D eigenvalue weighted by Crippen LogP contribution is 2.23. The summed E-state index contributed by atoms with van der Waals surface area (Å²) in [6.45, 7) is 1.03. The van der Waals surface area contributed by atoms with Gasteiger partial charge in [-0.15, -0.1) is 0 Å². The highest BCUT2D eigenvalue weighted by Gasteiger charge is 2.19. The molecule has 1 N–H and O–H groups in total. The first-order chi connectivity index (χ1) is 8.93. The van der Waals surface area contributed by atoms with Gasteiger partial charge in [0.2, 0.25) is 0 Å². The molecule has 0 unspecified atom stereocenters. The Morgan fingerprint density at radius 1 is 1.28 bits per heavy atom. The minimum atomic E-state index is 0.224. The molecule has 2 aromatic heterocycles. The predicted molar refractivity (Wildman–Crippen MR) is 66.7 cm³/mol. The monoisotopic (exact) mass is 244 g/mol. The summed E-state index contributed by atoms with van der Waals surface area (Å²) in [4.78, 5) is 8.52. The third-order valence-electron chi connectivity index (χ3n) is 3.22. The molecule has 1 atom stereocenters. The number of nitrogens with zero attached hydrogens (tertiary/aromatic N) is 3. The molecular formula is C13H16N4O. The molecular weight excluding hydrogens is 228 g/mol. The largest absolute Gasteiger partial charge is 0.334 e. The van der Waals surface area contributed by atoms with Crippen LogP contribution in [0.5, 0.6) is 0 Å². The molecule has 3 heterocycles. The van der Waals surface area contributed by atoms with Gasteiger partial charge >= 0.3 is 0 Å². The number of rotatable bonds is 2. The van der Waals surface area contributed by atoms with E-state index in [1.54, 1.807) is 12.4 Å². The van der Waals surface area contributed by atoms with Crippen molar-refractivity contribution in [2.24, 2.45) is 0 Å². The van der Waals surface area contributed by atoms with Crippen LogP contribution in [0.15, 0.2) is 29.0 Å². The summed E-state index contributed by atoms with van der Waals surface area (Å²) in [5.74, 6) is 1.31. The van der Waals surface area contributed by atoms with E-state index in [-0.39, 0.29) is 6.04 Å². The second kappa shape index (κ2) is 5.27. The molecule has 94 valence electrons. The van der Waals surface area contributed by atoms with Gasteiger partial charge in [0, 0.05) is 12.4 Å². The lowest BCUT2D eigenvalue weighted by Crippen LogP contribution is -2.21. The highest BCUT2D eigenvalue weighted by atomic mass is 16.5. The quantitative estimate of drug-likeness (QED) is 0.878. The maximum absolute atomic E-state index is 5.30. The van der Waals surface area contributed by atoms with Crippen LogP contribution < -0.4 is 5.32 Å². The molecule has 0 saturated carbocycles. The Bertz CT molecular complexity index is 489. The van der Waals surface area contributed by atoms with Crippen molar-refractivity contribution in [3.05, 3.63) is 30.4 Å². The summed E-state index contributed by atoms with van der Waals surface area (Å²) in [6.07, 6.45) is 8.26. The Morgan fingerprint density at radius 3 is 3.17 bits per heavy atom. The van der Waals surface area contributed by atoms with Crippen LogP contribution in [-0.4, -0.2) is 21.7 Å². The lowest BCUT2D eigenvalue weighted by Gasteiger charge is -2.09. The maximum atomic E-state index is 5.30. The lowest BCUT2D eigenvalue weighted by molar-refractivity contribution is 0.402. The van der Waals surface area contributed by atoms with E-state index < -0.39 is 0 Å². The van der Waals surface area contributed by atoms with Crippen LogP contribution in [0.2, 0.25) is 0 Å². The molecule has 5 heteroatoms. The van der Waals surface area contributed by atoms with Crippen LogP contribution in [0.25, 0.3) is 11.5 Å². The Kier molecular flexibility index (Phi) is 3.32. The Hall–Kier alpha value is -1.75. The van der Waals surface area contributed by atoms with Crippen LogP contribution in [0.3, 0.4) is 0 Å². The van der Waals surface area contributed by atoms with Gasteiger partial charge in [0.15, 0.2) is 5.82 Å². The molecule has 0 amide bonds. The summed E-state index contributed by atoms with van der Waals surface area (Å²) in [6, 6.07) is 4.01. The van der Waals surface area contributed by atoms with E-state index in [0.29, 0.717) is 5.89 Å². The molecule has 18 heavy (non-hydrogen) atoms. The highest BCUT2D eigenvalue weighted by molar-refractivity contribution is 5.50. The first kappa shape index (κ1) is 11.3. The first-order valence-electron chi connectivity index (χ1n) is 6.41. The second-order valence-electron chi connectivity index (χ2n) is 4.56. The molecule has 1 saturated heterocycles. The fraction of sp³-hybridized carbons (Fsp3) is 0.462. The molecule has 0 aromatic carbocycles. The molecule has 1 aliphatic rings. The summed E-state index contributed by atoms with van der Waals surface area (Å²) in [5.41, 5.74) is 0.866. The van der Waals surface area contributed by atoms with E-state index in [1.807, 2.05) is 12.1 Å².